The number of hydrogen-bond donors (Lipinski definition) is 3. The molecular formula is C34H61N3O2. The first-order valence-electron chi connectivity index (χ1n) is 16.6. The van der Waals surface area contributed by atoms with Gasteiger partial charge in [-0.05, 0) is 129 Å². The van der Waals surface area contributed by atoms with Gasteiger partial charge < -0.3 is 21.9 Å². The molecule has 0 unspecified atom stereocenters. The predicted octanol–water partition coefficient (Wildman–Crippen LogP) is 7.57. The molecule has 39 heavy (non-hydrogen) atoms. The molecule has 0 aliphatic heterocycles. The van der Waals surface area contributed by atoms with E-state index in [0.717, 1.165) is 68.1 Å². The highest BCUT2D eigenvalue weighted by atomic mass is 16.6. The van der Waals surface area contributed by atoms with Crippen LogP contribution in [0.2, 0.25) is 0 Å². The lowest BCUT2D eigenvalue weighted by molar-refractivity contribution is -0.127. The van der Waals surface area contributed by atoms with Crippen LogP contribution in [-0.2, 0) is 4.74 Å². The zero-order valence-electron chi connectivity index (χ0n) is 26.0. The fraction of sp³-hybridized carbons (Fsp3) is 0.912. The summed E-state index contributed by atoms with van der Waals surface area (Å²) in [4.78, 5) is 11.9. The van der Waals surface area contributed by atoms with Crippen LogP contribution in [0.25, 0.3) is 0 Å². The van der Waals surface area contributed by atoms with Crippen LogP contribution in [0.15, 0.2) is 11.6 Å². The highest BCUT2D eigenvalue weighted by molar-refractivity contribution is 5.65. The van der Waals surface area contributed by atoms with Crippen LogP contribution in [0.3, 0.4) is 0 Å². The maximum atomic E-state index is 11.9. The van der Waals surface area contributed by atoms with Crippen LogP contribution in [0.5, 0.6) is 0 Å². The number of rotatable bonds is 12. The van der Waals surface area contributed by atoms with Gasteiger partial charge in [0.05, 0.1) is 0 Å². The first-order chi connectivity index (χ1) is 18.5. The Kier molecular flexibility index (Phi) is 9.84. The van der Waals surface area contributed by atoms with E-state index in [1.807, 2.05) is 0 Å². The van der Waals surface area contributed by atoms with Crippen LogP contribution in [0.1, 0.15) is 125 Å². The maximum Gasteiger partial charge on any atom is 0.404 e. The number of nitrogens with two attached hydrogens (primary N) is 3. The first kappa shape index (κ1) is 30.9. The Bertz CT molecular complexity index is 863. The molecule has 1 amide bonds. The molecule has 0 aromatic rings. The molecule has 0 aromatic carbocycles. The molecule has 3 fully saturated rings. The number of primary amides is 1. The maximum absolute atomic E-state index is 11.9. The molecule has 0 saturated heterocycles. The zero-order chi connectivity index (χ0) is 28.4. The lowest BCUT2D eigenvalue weighted by Gasteiger charge is -2.65. The van der Waals surface area contributed by atoms with Crippen molar-refractivity contribution in [1.82, 2.24) is 0 Å². The van der Waals surface area contributed by atoms with Crippen molar-refractivity contribution in [2.45, 2.75) is 131 Å². The molecule has 5 nitrogen and oxygen atoms in total. The number of amides is 1. The summed E-state index contributed by atoms with van der Waals surface area (Å²) in [5, 5.41) is 0. The minimum absolute atomic E-state index is 0.0508. The van der Waals surface area contributed by atoms with E-state index in [1.54, 1.807) is 0 Å². The van der Waals surface area contributed by atoms with Gasteiger partial charge in [-0.2, -0.15) is 0 Å². The lowest BCUT2D eigenvalue weighted by atomic mass is 9.39. The van der Waals surface area contributed by atoms with Crippen LogP contribution >= 0.6 is 0 Å². The van der Waals surface area contributed by atoms with Crippen LogP contribution < -0.4 is 17.2 Å². The highest BCUT2D eigenvalue weighted by Gasteiger charge is 2.64. The quantitative estimate of drug-likeness (QED) is 0.221. The van der Waals surface area contributed by atoms with Crippen molar-refractivity contribution in [1.29, 1.82) is 0 Å². The minimum atomic E-state index is -0.641. The smallest absolute Gasteiger partial charge is 0.404 e. The van der Waals surface area contributed by atoms with Gasteiger partial charge in [-0.15, -0.1) is 0 Å². The van der Waals surface area contributed by atoms with Crippen molar-refractivity contribution < 1.29 is 9.53 Å². The number of ether oxygens (including phenoxy) is 1. The Balaban J connectivity index is 1.64. The lowest BCUT2D eigenvalue weighted by Crippen LogP contribution is -2.59. The molecule has 5 heteroatoms. The van der Waals surface area contributed by atoms with Gasteiger partial charge in [0.15, 0.2) is 0 Å². The normalized spacial score (nSPS) is 37.9. The molecule has 0 spiro atoms. The number of carbonyl (C=O) groups excluding carboxylic acids is 1. The van der Waals surface area contributed by atoms with E-state index >= 15 is 0 Å². The van der Waals surface area contributed by atoms with Gasteiger partial charge >= 0.3 is 6.09 Å². The van der Waals surface area contributed by atoms with Crippen LogP contribution in [-0.4, -0.2) is 25.3 Å². The molecule has 3 saturated carbocycles. The summed E-state index contributed by atoms with van der Waals surface area (Å²) in [5.41, 5.74) is 20.0. The SMILES string of the molecule is CC(C)CCC[C@@H](C)[C@H]1CC[C@H]2[C@@H]3CC=C4C[C@@H](OC(N)=O)CC(CCCN)(CCCN)[C@]4(C)[C@H]3CC[C@]12C. The third-order valence-corrected chi connectivity index (χ3v) is 12.9. The number of carbonyl (C=O) groups is 1. The molecule has 8 atom stereocenters. The van der Waals surface area contributed by atoms with Crippen molar-refractivity contribution in [3.63, 3.8) is 0 Å². The summed E-state index contributed by atoms with van der Waals surface area (Å²) in [6.07, 6.45) is 18.6. The Morgan fingerprint density at radius 1 is 1.00 bits per heavy atom. The number of allylic oxidation sites excluding steroid dienone is 1. The van der Waals surface area contributed by atoms with Gasteiger partial charge in [-0.25, -0.2) is 4.79 Å². The van der Waals surface area contributed by atoms with Crippen LogP contribution in [0.4, 0.5) is 4.79 Å². The van der Waals surface area contributed by atoms with Crippen molar-refractivity contribution in [3.8, 4) is 0 Å². The average molecular weight is 544 g/mol. The van der Waals surface area contributed by atoms with E-state index in [2.05, 4.69) is 40.7 Å². The first-order valence-corrected chi connectivity index (χ1v) is 16.6. The van der Waals surface area contributed by atoms with Gasteiger partial charge in [-0.3, -0.25) is 0 Å². The molecule has 0 aromatic heterocycles. The van der Waals surface area contributed by atoms with Crippen molar-refractivity contribution in [2.75, 3.05) is 13.1 Å². The van der Waals surface area contributed by atoms with E-state index in [9.17, 15) is 4.79 Å². The molecule has 224 valence electrons. The Labute approximate surface area is 239 Å². The third-order valence-electron chi connectivity index (χ3n) is 12.9. The fourth-order valence-corrected chi connectivity index (χ4v) is 11.1. The van der Waals surface area contributed by atoms with Crippen molar-refractivity contribution in [3.05, 3.63) is 11.6 Å². The second-order valence-electron chi connectivity index (χ2n) is 15.1. The monoisotopic (exact) mass is 543 g/mol. The standard InChI is InChI=1S/C34H61N3O2/c1-23(2)9-6-10-24(3)28-13-14-29-27-12-11-25-21-26(39-31(37)38)22-34(16-7-19-35,17-8-20-36)33(25,5)30(27)15-18-32(28,29)4/h11,23-24,26-30H,6-10,12-22,35-36H2,1-5H3,(H2,37,38)/t24-,26-,27+,28-,29+,30+,32-,33+/m1/s1. The molecule has 4 aliphatic carbocycles. The van der Waals surface area contributed by atoms with Crippen LogP contribution in [0, 0.1) is 51.8 Å². The van der Waals surface area contributed by atoms with Gasteiger partial charge in [0, 0.05) is 6.42 Å². The van der Waals surface area contributed by atoms with Gasteiger partial charge in [-0.1, -0.05) is 65.5 Å². The van der Waals surface area contributed by atoms with E-state index in [4.69, 9.17) is 21.9 Å². The topological polar surface area (TPSA) is 104 Å². The Morgan fingerprint density at radius 3 is 2.31 bits per heavy atom. The summed E-state index contributed by atoms with van der Waals surface area (Å²) >= 11 is 0. The van der Waals surface area contributed by atoms with E-state index in [1.165, 1.54) is 56.9 Å². The summed E-state index contributed by atoms with van der Waals surface area (Å²) in [6.45, 7) is 14.0. The Morgan fingerprint density at radius 2 is 1.69 bits per heavy atom. The summed E-state index contributed by atoms with van der Waals surface area (Å²) in [6, 6.07) is 0. The molecule has 4 aliphatic rings. The highest BCUT2D eigenvalue weighted by Crippen LogP contribution is 2.72. The predicted molar refractivity (Wildman–Crippen MR) is 162 cm³/mol. The molecule has 0 bridgehead atoms. The fourth-order valence-electron chi connectivity index (χ4n) is 11.1. The summed E-state index contributed by atoms with van der Waals surface area (Å²) < 4.78 is 5.74. The average Bonchev–Trinajstić information content (AvgIpc) is 3.23. The van der Waals surface area contributed by atoms with E-state index in [0.29, 0.717) is 24.4 Å². The molecule has 0 heterocycles. The second kappa shape index (κ2) is 12.4. The third kappa shape index (κ3) is 5.70. The second-order valence-corrected chi connectivity index (χ2v) is 15.1. The van der Waals surface area contributed by atoms with E-state index < -0.39 is 6.09 Å². The number of hydrogen-bond acceptors (Lipinski definition) is 4. The van der Waals surface area contributed by atoms with Crippen molar-refractivity contribution in [2.24, 2.45) is 69.0 Å². The largest absolute Gasteiger partial charge is 0.446 e. The van der Waals surface area contributed by atoms with Gasteiger partial charge in [0.2, 0.25) is 0 Å². The molecule has 0 radical (unpaired) electrons. The molecule has 4 rings (SSSR count). The number of fused-ring (bicyclic) bond motifs is 5. The summed E-state index contributed by atoms with van der Waals surface area (Å²) in [5.74, 6) is 4.78. The van der Waals surface area contributed by atoms with Gasteiger partial charge in [0.25, 0.3) is 0 Å². The molecular weight excluding hydrogens is 482 g/mol. The Hall–Kier alpha value is -1.07. The minimum Gasteiger partial charge on any atom is -0.446 e. The van der Waals surface area contributed by atoms with Crippen molar-refractivity contribution >= 4 is 6.09 Å². The summed E-state index contributed by atoms with van der Waals surface area (Å²) in [7, 11) is 0. The van der Waals surface area contributed by atoms with Gasteiger partial charge in [0.1, 0.15) is 6.10 Å². The van der Waals surface area contributed by atoms with E-state index in [-0.39, 0.29) is 16.9 Å². The zero-order valence-corrected chi connectivity index (χ0v) is 26.0. The molecule has 6 N–H and O–H groups in total.